The molecule has 1 N–H and O–H groups in total. The molecule has 0 amide bonds. The molecule has 3 aromatic carbocycles. The summed E-state index contributed by atoms with van der Waals surface area (Å²) in [4.78, 5) is 0. The molecule has 0 aliphatic carbocycles. The van der Waals surface area contributed by atoms with Crippen molar-refractivity contribution in [3.63, 3.8) is 0 Å². The summed E-state index contributed by atoms with van der Waals surface area (Å²) in [6.07, 6.45) is 2.89. The Hall–Kier alpha value is -2.64. The van der Waals surface area contributed by atoms with E-state index in [0.29, 0.717) is 0 Å². The molecule has 0 bridgehead atoms. The van der Waals surface area contributed by atoms with Crippen molar-refractivity contribution in [3.8, 4) is 0 Å². The van der Waals surface area contributed by atoms with E-state index in [4.69, 9.17) is 0 Å². The largest absolute Gasteiger partial charge is 0.306 e. The molecule has 0 unspecified atom stereocenters. The van der Waals surface area contributed by atoms with Gasteiger partial charge in [0.1, 0.15) is 0 Å². The van der Waals surface area contributed by atoms with Crippen LogP contribution in [0.2, 0.25) is 0 Å². The second-order valence-electron chi connectivity index (χ2n) is 5.90. The van der Waals surface area contributed by atoms with E-state index in [1.54, 1.807) is 0 Å². The number of rotatable bonds is 7. The van der Waals surface area contributed by atoms with Crippen LogP contribution in [0.25, 0.3) is 6.08 Å². The minimum atomic E-state index is 0.222. The molecule has 120 valence electrons. The molecule has 0 saturated carbocycles. The zero-order chi connectivity index (χ0) is 16.6. The Kier molecular flexibility index (Phi) is 5.60. The minimum Gasteiger partial charge on any atom is -0.306 e. The maximum Gasteiger partial charge on any atom is 0.0576 e. The molecule has 0 aromatic heterocycles. The molecule has 0 aliphatic rings. The minimum absolute atomic E-state index is 0.222. The molecule has 0 fully saturated rings. The van der Waals surface area contributed by atoms with Crippen LogP contribution < -0.4 is 5.32 Å². The molecule has 0 heterocycles. The summed E-state index contributed by atoms with van der Waals surface area (Å²) in [6.45, 7) is 4.73. The Morgan fingerprint density at radius 3 is 1.79 bits per heavy atom. The van der Waals surface area contributed by atoms with Gasteiger partial charge in [-0.2, -0.15) is 0 Å². The lowest BCUT2D eigenvalue weighted by atomic mass is 9.98. The molecular weight excluding hydrogens is 290 g/mol. The molecule has 24 heavy (non-hydrogen) atoms. The van der Waals surface area contributed by atoms with Gasteiger partial charge in [-0.05, 0) is 28.7 Å². The van der Waals surface area contributed by atoms with Gasteiger partial charge >= 0.3 is 0 Å². The molecule has 3 aromatic rings. The van der Waals surface area contributed by atoms with Crippen molar-refractivity contribution in [2.24, 2.45) is 0 Å². The Labute approximate surface area is 144 Å². The summed E-state index contributed by atoms with van der Waals surface area (Å²) in [7, 11) is 0. The maximum atomic E-state index is 3.80. The van der Waals surface area contributed by atoms with Gasteiger partial charge in [0, 0.05) is 6.54 Å². The van der Waals surface area contributed by atoms with Gasteiger partial charge in [-0.1, -0.05) is 97.6 Å². The first kappa shape index (κ1) is 16.2. The topological polar surface area (TPSA) is 12.0 Å². The van der Waals surface area contributed by atoms with Gasteiger partial charge in [-0.3, -0.25) is 0 Å². The van der Waals surface area contributed by atoms with E-state index in [1.165, 1.54) is 16.7 Å². The van der Waals surface area contributed by atoms with Gasteiger partial charge in [-0.15, -0.1) is 0 Å². The maximum absolute atomic E-state index is 3.80. The van der Waals surface area contributed by atoms with E-state index < -0.39 is 0 Å². The van der Waals surface area contributed by atoms with E-state index in [9.17, 15) is 0 Å². The molecule has 0 aliphatic heterocycles. The molecular formula is C23H23N. The highest BCUT2D eigenvalue weighted by Gasteiger charge is 2.12. The fourth-order valence-corrected chi connectivity index (χ4v) is 2.90. The van der Waals surface area contributed by atoms with Crippen LogP contribution in [0.4, 0.5) is 0 Å². The zero-order valence-corrected chi connectivity index (χ0v) is 13.9. The Morgan fingerprint density at radius 1 is 0.750 bits per heavy atom. The Bertz CT molecular complexity index is 706. The number of nitrogens with one attached hydrogen (secondary N) is 1. The highest BCUT2D eigenvalue weighted by molar-refractivity contribution is 5.47. The second kappa shape index (κ2) is 8.28. The Balaban J connectivity index is 1.69. The van der Waals surface area contributed by atoms with Crippen molar-refractivity contribution < 1.29 is 0 Å². The number of benzene rings is 3. The summed E-state index contributed by atoms with van der Waals surface area (Å²) >= 11 is 0. The smallest absolute Gasteiger partial charge is 0.0576 e. The summed E-state index contributed by atoms with van der Waals surface area (Å²) < 4.78 is 0. The third kappa shape index (κ3) is 4.21. The average Bonchev–Trinajstić information content (AvgIpc) is 2.67. The van der Waals surface area contributed by atoms with Crippen LogP contribution in [0.3, 0.4) is 0 Å². The molecule has 1 heteroatoms. The zero-order valence-electron chi connectivity index (χ0n) is 13.9. The first-order valence-electron chi connectivity index (χ1n) is 8.41. The fourth-order valence-electron chi connectivity index (χ4n) is 2.90. The van der Waals surface area contributed by atoms with Crippen molar-refractivity contribution in [2.45, 2.75) is 12.5 Å². The van der Waals surface area contributed by atoms with Crippen molar-refractivity contribution in [2.75, 3.05) is 6.54 Å². The Morgan fingerprint density at radius 2 is 1.29 bits per heavy atom. The molecule has 1 nitrogen and oxygen atoms in total. The van der Waals surface area contributed by atoms with Gasteiger partial charge < -0.3 is 5.32 Å². The van der Waals surface area contributed by atoms with Gasteiger partial charge in [0.15, 0.2) is 0 Å². The molecule has 0 spiro atoms. The first-order valence-corrected chi connectivity index (χ1v) is 8.41. The van der Waals surface area contributed by atoms with Crippen LogP contribution in [0.1, 0.15) is 28.3 Å². The van der Waals surface area contributed by atoms with E-state index in [2.05, 4.69) is 96.8 Å². The van der Waals surface area contributed by atoms with E-state index in [0.717, 1.165) is 18.5 Å². The summed E-state index contributed by atoms with van der Waals surface area (Å²) in [5.41, 5.74) is 5.10. The van der Waals surface area contributed by atoms with Crippen molar-refractivity contribution >= 4 is 6.08 Å². The second-order valence-corrected chi connectivity index (χ2v) is 5.90. The molecule has 3 rings (SSSR count). The summed E-state index contributed by atoms with van der Waals surface area (Å²) in [5.74, 6) is 0. The fraction of sp³-hybridized carbons (Fsp3) is 0.130. The van der Waals surface area contributed by atoms with E-state index >= 15 is 0 Å². The predicted molar refractivity (Wildman–Crippen MR) is 103 cm³/mol. The predicted octanol–water partition coefficient (Wildman–Crippen LogP) is 5.25. The normalized spacial score (nSPS) is 10.7. The van der Waals surface area contributed by atoms with Crippen molar-refractivity contribution in [3.05, 3.63) is 114 Å². The van der Waals surface area contributed by atoms with Crippen LogP contribution in [0, 0.1) is 0 Å². The van der Waals surface area contributed by atoms with Crippen molar-refractivity contribution in [1.82, 2.24) is 5.32 Å². The van der Waals surface area contributed by atoms with Gasteiger partial charge in [-0.25, -0.2) is 0 Å². The van der Waals surface area contributed by atoms with E-state index in [-0.39, 0.29) is 6.04 Å². The van der Waals surface area contributed by atoms with Crippen LogP contribution in [0.15, 0.2) is 91.5 Å². The molecule has 0 atom stereocenters. The van der Waals surface area contributed by atoms with E-state index in [1.807, 2.05) is 6.08 Å². The lowest BCUT2D eigenvalue weighted by Crippen LogP contribution is -2.24. The standard InChI is InChI=1S/C23H23N/c1-2-19-13-15-20(16-14-19)17-18-24-23(21-9-5-3-6-10-21)22-11-7-4-8-12-22/h2-16,23-24H,1,17-18H2. The highest BCUT2D eigenvalue weighted by Crippen LogP contribution is 2.21. The van der Waals surface area contributed by atoms with Gasteiger partial charge in [0.05, 0.1) is 6.04 Å². The third-order valence-corrected chi connectivity index (χ3v) is 4.24. The summed E-state index contributed by atoms with van der Waals surface area (Å²) in [6, 6.07) is 30.1. The molecule has 0 radical (unpaired) electrons. The van der Waals surface area contributed by atoms with Gasteiger partial charge in [0.2, 0.25) is 0 Å². The lowest BCUT2D eigenvalue weighted by molar-refractivity contribution is 0.606. The first-order chi connectivity index (χ1) is 11.9. The summed E-state index contributed by atoms with van der Waals surface area (Å²) in [5, 5.41) is 3.71. The van der Waals surface area contributed by atoms with Crippen LogP contribution in [0.5, 0.6) is 0 Å². The average molecular weight is 313 g/mol. The monoisotopic (exact) mass is 313 g/mol. The number of hydrogen-bond donors (Lipinski definition) is 1. The van der Waals surface area contributed by atoms with Gasteiger partial charge in [0.25, 0.3) is 0 Å². The SMILES string of the molecule is C=Cc1ccc(CCNC(c2ccccc2)c2ccccc2)cc1. The lowest BCUT2D eigenvalue weighted by Gasteiger charge is -2.20. The molecule has 0 saturated heterocycles. The highest BCUT2D eigenvalue weighted by atomic mass is 14.9. The quantitative estimate of drug-likeness (QED) is 0.628. The van der Waals surface area contributed by atoms with Crippen LogP contribution in [-0.2, 0) is 6.42 Å². The van der Waals surface area contributed by atoms with Crippen LogP contribution in [-0.4, -0.2) is 6.54 Å². The van der Waals surface area contributed by atoms with Crippen LogP contribution >= 0.6 is 0 Å². The third-order valence-electron chi connectivity index (χ3n) is 4.24. The van der Waals surface area contributed by atoms with Crippen molar-refractivity contribution in [1.29, 1.82) is 0 Å². The number of hydrogen-bond acceptors (Lipinski definition) is 1.